The quantitative estimate of drug-likeness (QED) is 0.423. The highest BCUT2D eigenvalue weighted by Gasteiger charge is 2.21. The summed E-state index contributed by atoms with van der Waals surface area (Å²) in [5.41, 5.74) is 9.39. The van der Waals surface area contributed by atoms with Crippen LogP contribution in [-0.2, 0) is 0 Å². The van der Waals surface area contributed by atoms with Gasteiger partial charge in [0.1, 0.15) is 11.8 Å². The molecule has 0 amide bonds. The monoisotopic (exact) mass is 247 g/mol. The second-order valence-electron chi connectivity index (χ2n) is 3.90. The van der Waals surface area contributed by atoms with Crippen LogP contribution in [0.1, 0.15) is 18.1 Å². The summed E-state index contributed by atoms with van der Waals surface area (Å²) >= 11 is 0. The van der Waals surface area contributed by atoms with Gasteiger partial charge in [-0.05, 0) is 24.1 Å². The third-order valence-corrected chi connectivity index (χ3v) is 2.75. The van der Waals surface area contributed by atoms with Gasteiger partial charge in [0.25, 0.3) is 0 Å². The molecule has 0 saturated carbocycles. The topological polar surface area (TPSA) is 118 Å². The molecule has 2 aromatic heterocycles. The minimum Gasteiger partial charge on any atom is -0.390 e. The van der Waals surface area contributed by atoms with Gasteiger partial charge in [0.15, 0.2) is 0 Å². The molecule has 2 aromatic rings. The Kier molecular flexibility index (Phi) is 3.78. The molecule has 2 heterocycles. The SMILES string of the molecule is [N-]=[N+]=NCCC(O)C(O)c1c[nH]c2ncccc12. The molecule has 3 N–H and O–H groups in total. The first kappa shape index (κ1) is 12.4. The third kappa shape index (κ3) is 2.43. The number of azide groups is 1. The number of H-pyrrole nitrogens is 1. The van der Waals surface area contributed by atoms with E-state index in [1.54, 1.807) is 18.5 Å². The van der Waals surface area contributed by atoms with Gasteiger partial charge in [-0.15, -0.1) is 0 Å². The Morgan fingerprint density at radius 2 is 2.33 bits per heavy atom. The minimum absolute atomic E-state index is 0.148. The highest BCUT2D eigenvalue weighted by atomic mass is 16.3. The normalized spacial score (nSPS) is 14.1. The van der Waals surface area contributed by atoms with Crippen LogP contribution in [0.3, 0.4) is 0 Å². The smallest absolute Gasteiger partial charge is 0.137 e. The van der Waals surface area contributed by atoms with Gasteiger partial charge in [-0.25, -0.2) is 4.98 Å². The molecule has 0 fully saturated rings. The molecule has 7 heteroatoms. The van der Waals surface area contributed by atoms with E-state index in [2.05, 4.69) is 20.0 Å². The lowest BCUT2D eigenvalue weighted by Gasteiger charge is -2.16. The van der Waals surface area contributed by atoms with Gasteiger partial charge in [0.05, 0.1) is 6.10 Å². The number of aromatic nitrogens is 2. The van der Waals surface area contributed by atoms with Crippen molar-refractivity contribution in [1.29, 1.82) is 0 Å². The van der Waals surface area contributed by atoms with Crippen molar-refractivity contribution >= 4 is 11.0 Å². The van der Waals surface area contributed by atoms with Crippen molar-refractivity contribution in [3.05, 3.63) is 40.5 Å². The predicted octanol–water partition coefficient (Wildman–Crippen LogP) is 1.66. The molecule has 0 saturated heterocycles. The fourth-order valence-corrected chi connectivity index (χ4v) is 1.82. The van der Waals surface area contributed by atoms with Crippen LogP contribution in [0.4, 0.5) is 0 Å². The average Bonchev–Trinajstić information content (AvgIpc) is 2.82. The Morgan fingerprint density at radius 3 is 3.11 bits per heavy atom. The summed E-state index contributed by atoms with van der Waals surface area (Å²) in [6.45, 7) is 0.148. The molecule has 94 valence electrons. The summed E-state index contributed by atoms with van der Waals surface area (Å²) in [6, 6.07) is 3.58. The zero-order valence-electron chi connectivity index (χ0n) is 9.56. The molecule has 0 aromatic carbocycles. The van der Waals surface area contributed by atoms with Crippen molar-refractivity contribution in [3.8, 4) is 0 Å². The summed E-state index contributed by atoms with van der Waals surface area (Å²) < 4.78 is 0. The van der Waals surface area contributed by atoms with Crippen molar-refractivity contribution in [2.75, 3.05) is 6.54 Å². The van der Waals surface area contributed by atoms with E-state index in [4.69, 9.17) is 5.53 Å². The number of nitrogens with zero attached hydrogens (tertiary/aromatic N) is 4. The van der Waals surface area contributed by atoms with E-state index >= 15 is 0 Å². The van der Waals surface area contributed by atoms with Crippen LogP contribution >= 0.6 is 0 Å². The van der Waals surface area contributed by atoms with Crippen LogP contribution in [0.2, 0.25) is 0 Å². The number of rotatable bonds is 5. The van der Waals surface area contributed by atoms with Gasteiger partial charge >= 0.3 is 0 Å². The lowest BCUT2D eigenvalue weighted by Crippen LogP contribution is -2.18. The molecule has 0 aliphatic heterocycles. The molecule has 18 heavy (non-hydrogen) atoms. The third-order valence-electron chi connectivity index (χ3n) is 2.75. The van der Waals surface area contributed by atoms with Crippen molar-refractivity contribution in [3.63, 3.8) is 0 Å². The van der Waals surface area contributed by atoms with E-state index in [0.717, 1.165) is 5.39 Å². The fourth-order valence-electron chi connectivity index (χ4n) is 1.82. The van der Waals surface area contributed by atoms with Crippen LogP contribution in [0.25, 0.3) is 21.5 Å². The van der Waals surface area contributed by atoms with E-state index in [0.29, 0.717) is 11.2 Å². The van der Waals surface area contributed by atoms with Crippen molar-refractivity contribution in [1.82, 2.24) is 9.97 Å². The largest absolute Gasteiger partial charge is 0.390 e. The predicted molar refractivity (Wildman–Crippen MR) is 65.7 cm³/mol. The Morgan fingerprint density at radius 1 is 1.50 bits per heavy atom. The maximum absolute atomic E-state index is 10.0. The number of hydrogen-bond donors (Lipinski definition) is 3. The van der Waals surface area contributed by atoms with Crippen LogP contribution < -0.4 is 0 Å². The van der Waals surface area contributed by atoms with Gasteiger partial charge in [-0.2, -0.15) is 0 Å². The average molecular weight is 247 g/mol. The molecule has 0 aliphatic rings. The molecule has 0 radical (unpaired) electrons. The fraction of sp³-hybridized carbons (Fsp3) is 0.364. The zero-order chi connectivity index (χ0) is 13.0. The van der Waals surface area contributed by atoms with Crippen LogP contribution in [0, 0.1) is 0 Å². The maximum Gasteiger partial charge on any atom is 0.137 e. The second kappa shape index (κ2) is 5.50. The number of nitrogens with one attached hydrogen (secondary N) is 1. The van der Waals surface area contributed by atoms with E-state index in [1.807, 2.05) is 6.07 Å². The Balaban J connectivity index is 2.17. The Hall–Kier alpha value is -2.08. The highest BCUT2D eigenvalue weighted by Crippen LogP contribution is 2.26. The zero-order valence-corrected chi connectivity index (χ0v) is 9.56. The van der Waals surface area contributed by atoms with Gasteiger partial charge < -0.3 is 15.2 Å². The first-order valence-corrected chi connectivity index (χ1v) is 5.53. The van der Waals surface area contributed by atoms with Crippen LogP contribution in [0.15, 0.2) is 29.6 Å². The summed E-state index contributed by atoms with van der Waals surface area (Å²) in [5, 5.41) is 23.9. The number of hydrogen-bond acceptors (Lipinski definition) is 4. The lowest BCUT2D eigenvalue weighted by molar-refractivity contribution is 0.0159. The molecule has 2 atom stereocenters. The van der Waals surface area contributed by atoms with Gasteiger partial charge in [0, 0.05) is 34.8 Å². The van der Waals surface area contributed by atoms with Gasteiger partial charge in [-0.3, -0.25) is 0 Å². The molecular formula is C11H13N5O2. The second-order valence-corrected chi connectivity index (χ2v) is 3.90. The molecule has 0 aliphatic carbocycles. The first-order chi connectivity index (χ1) is 8.74. The van der Waals surface area contributed by atoms with E-state index < -0.39 is 12.2 Å². The number of aliphatic hydroxyl groups is 2. The molecular weight excluding hydrogens is 234 g/mol. The van der Waals surface area contributed by atoms with Crippen LogP contribution in [-0.4, -0.2) is 32.8 Å². The molecule has 2 unspecified atom stereocenters. The lowest BCUT2D eigenvalue weighted by atomic mass is 10.0. The van der Waals surface area contributed by atoms with Gasteiger partial charge in [0.2, 0.25) is 0 Å². The summed E-state index contributed by atoms with van der Waals surface area (Å²) in [7, 11) is 0. The van der Waals surface area contributed by atoms with E-state index in [-0.39, 0.29) is 13.0 Å². The van der Waals surface area contributed by atoms with Crippen LogP contribution in [0.5, 0.6) is 0 Å². The summed E-state index contributed by atoms with van der Waals surface area (Å²) in [6.07, 6.45) is 1.47. The Labute approximate surface area is 103 Å². The number of aliphatic hydroxyl groups excluding tert-OH is 2. The van der Waals surface area contributed by atoms with Crippen molar-refractivity contribution in [2.24, 2.45) is 5.11 Å². The Bertz CT molecular complexity index is 576. The molecule has 0 bridgehead atoms. The highest BCUT2D eigenvalue weighted by molar-refractivity contribution is 5.79. The number of aromatic amines is 1. The maximum atomic E-state index is 10.0. The molecule has 0 spiro atoms. The van der Waals surface area contributed by atoms with E-state index in [1.165, 1.54) is 0 Å². The molecule has 7 nitrogen and oxygen atoms in total. The first-order valence-electron chi connectivity index (χ1n) is 5.53. The number of pyridine rings is 1. The van der Waals surface area contributed by atoms with Crippen molar-refractivity contribution < 1.29 is 10.2 Å². The van der Waals surface area contributed by atoms with E-state index in [9.17, 15) is 10.2 Å². The van der Waals surface area contributed by atoms with Gasteiger partial charge in [-0.1, -0.05) is 5.11 Å². The van der Waals surface area contributed by atoms with Crippen molar-refractivity contribution in [2.45, 2.75) is 18.6 Å². The minimum atomic E-state index is -1.03. The summed E-state index contributed by atoms with van der Waals surface area (Å²) in [5.74, 6) is 0. The standard InChI is InChI=1S/C11H13N5O2/c12-16-15-5-3-9(17)10(18)8-6-14-11-7(8)2-1-4-13-11/h1-2,4,6,9-10,17-18H,3,5H2,(H,13,14). The molecule has 2 rings (SSSR count). The number of fused-ring (bicyclic) bond motifs is 1. The summed E-state index contributed by atoms with van der Waals surface area (Å²) in [4.78, 5) is 9.63.